The number of hydrogen-bond donors (Lipinski definition) is 1. The van der Waals surface area contributed by atoms with Crippen LogP contribution in [0.1, 0.15) is 59.3 Å². The van der Waals surface area contributed by atoms with E-state index >= 15 is 0 Å². The fourth-order valence-corrected chi connectivity index (χ4v) is 5.58. The van der Waals surface area contributed by atoms with Crippen LogP contribution in [-0.4, -0.2) is 43.6 Å². The van der Waals surface area contributed by atoms with Gasteiger partial charge in [0.15, 0.2) is 0 Å². The molecule has 1 saturated heterocycles. The summed E-state index contributed by atoms with van der Waals surface area (Å²) in [7, 11) is -3.17. The van der Waals surface area contributed by atoms with Crippen molar-refractivity contribution in [3.8, 4) is 0 Å². The van der Waals surface area contributed by atoms with Crippen LogP contribution >= 0.6 is 0 Å². The number of rotatable bonds is 6. The highest BCUT2D eigenvalue weighted by Gasteiger charge is 2.38. The van der Waals surface area contributed by atoms with Crippen molar-refractivity contribution in [2.75, 3.05) is 13.1 Å². The molecule has 1 amide bonds. The summed E-state index contributed by atoms with van der Waals surface area (Å²) in [5.74, 6) is 0.880. The molecule has 1 N–H and O–H groups in total. The number of sulfonamides is 1. The van der Waals surface area contributed by atoms with Crippen molar-refractivity contribution in [3.63, 3.8) is 0 Å². The molecule has 0 radical (unpaired) electrons. The van der Waals surface area contributed by atoms with E-state index in [0.29, 0.717) is 19.0 Å². The van der Waals surface area contributed by atoms with E-state index in [1.807, 2.05) is 18.7 Å². The molecular weight excluding hydrogens is 300 g/mol. The Kier molecular flexibility index (Phi) is 5.88. The van der Waals surface area contributed by atoms with Gasteiger partial charge in [0.2, 0.25) is 15.9 Å². The summed E-state index contributed by atoms with van der Waals surface area (Å²) in [4.78, 5) is 14.2. The Hall–Kier alpha value is -0.620. The lowest BCUT2D eigenvalue weighted by Gasteiger charge is -2.37. The molecule has 2 aliphatic rings. The molecule has 1 aliphatic carbocycles. The minimum Gasteiger partial charge on any atom is -0.342 e. The summed E-state index contributed by atoms with van der Waals surface area (Å²) in [6.07, 6.45) is 4.77. The van der Waals surface area contributed by atoms with Gasteiger partial charge in [0.25, 0.3) is 0 Å². The molecule has 0 bridgehead atoms. The Labute approximate surface area is 134 Å². The predicted molar refractivity (Wildman–Crippen MR) is 87.9 cm³/mol. The van der Waals surface area contributed by atoms with E-state index in [1.54, 1.807) is 0 Å². The third-order valence-corrected chi connectivity index (χ3v) is 7.17. The third kappa shape index (κ3) is 4.02. The molecule has 5 nitrogen and oxygen atoms in total. The quantitative estimate of drug-likeness (QED) is 0.811. The number of nitrogens with one attached hydrogen (secondary N) is 1. The fourth-order valence-electron chi connectivity index (χ4n) is 3.52. The van der Waals surface area contributed by atoms with Gasteiger partial charge >= 0.3 is 0 Å². The van der Waals surface area contributed by atoms with Gasteiger partial charge in [-0.15, -0.1) is 0 Å². The monoisotopic (exact) mass is 330 g/mol. The lowest BCUT2D eigenvalue weighted by atomic mass is 9.87. The third-order valence-electron chi connectivity index (χ3n) is 5.24. The Bertz CT molecular complexity index is 474. The van der Waals surface area contributed by atoms with Crippen molar-refractivity contribution in [2.24, 2.45) is 11.8 Å². The minimum atomic E-state index is -3.17. The average molecular weight is 330 g/mol. The summed E-state index contributed by atoms with van der Waals surface area (Å²) in [6, 6.07) is -0.00772. The van der Waals surface area contributed by atoms with Gasteiger partial charge in [0.05, 0.1) is 5.25 Å². The molecule has 0 unspecified atom stereocenters. The molecule has 2 rings (SSSR count). The molecule has 1 saturated carbocycles. The first-order valence-electron chi connectivity index (χ1n) is 8.67. The Morgan fingerprint density at radius 2 is 1.73 bits per heavy atom. The Morgan fingerprint density at radius 3 is 2.18 bits per heavy atom. The largest absolute Gasteiger partial charge is 0.342 e. The molecule has 0 atom stereocenters. The first-order chi connectivity index (χ1) is 10.4. The van der Waals surface area contributed by atoms with E-state index in [0.717, 1.165) is 38.5 Å². The van der Waals surface area contributed by atoms with Crippen LogP contribution in [0, 0.1) is 11.8 Å². The number of likely N-dealkylation sites (tertiary alicyclic amines) is 1. The van der Waals surface area contributed by atoms with Gasteiger partial charge in [0.1, 0.15) is 0 Å². The molecule has 1 aliphatic heterocycles. The number of hydrogen-bond acceptors (Lipinski definition) is 3. The Balaban J connectivity index is 1.81. The summed E-state index contributed by atoms with van der Waals surface area (Å²) < 4.78 is 27.4. The van der Waals surface area contributed by atoms with Crippen LogP contribution in [0.4, 0.5) is 0 Å². The number of carbonyl (C=O) groups is 1. The van der Waals surface area contributed by atoms with Crippen molar-refractivity contribution < 1.29 is 13.2 Å². The summed E-state index contributed by atoms with van der Waals surface area (Å²) in [5, 5.41) is -0.202. The van der Waals surface area contributed by atoms with Crippen molar-refractivity contribution in [2.45, 2.75) is 70.6 Å². The maximum Gasteiger partial charge on any atom is 0.225 e. The zero-order valence-electron chi connectivity index (χ0n) is 14.0. The van der Waals surface area contributed by atoms with Crippen molar-refractivity contribution >= 4 is 15.9 Å². The molecule has 0 aromatic rings. The van der Waals surface area contributed by atoms with Gasteiger partial charge in [-0.05, 0) is 44.4 Å². The minimum absolute atomic E-state index is 0.00772. The van der Waals surface area contributed by atoms with E-state index < -0.39 is 10.0 Å². The van der Waals surface area contributed by atoms with Crippen molar-refractivity contribution in [3.05, 3.63) is 0 Å². The molecule has 22 heavy (non-hydrogen) atoms. The molecule has 0 aromatic carbocycles. The highest BCUT2D eigenvalue weighted by molar-refractivity contribution is 7.90. The smallest absolute Gasteiger partial charge is 0.225 e. The molecule has 128 valence electrons. The van der Waals surface area contributed by atoms with Gasteiger partial charge in [0, 0.05) is 25.0 Å². The normalized spacial score (nSPS) is 27.0. The lowest BCUT2D eigenvalue weighted by molar-refractivity contribution is -0.136. The van der Waals surface area contributed by atoms with E-state index in [9.17, 15) is 13.2 Å². The summed E-state index contributed by atoms with van der Waals surface area (Å²) >= 11 is 0. The van der Waals surface area contributed by atoms with Crippen LogP contribution in [0.2, 0.25) is 0 Å². The van der Waals surface area contributed by atoms with Crippen molar-refractivity contribution in [1.82, 2.24) is 9.62 Å². The van der Waals surface area contributed by atoms with Crippen LogP contribution in [-0.2, 0) is 14.8 Å². The highest BCUT2D eigenvalue weighted by atomic mass is 32.2. The van der Waals surface area contributed by atoms with Crippen molar-refractivity contribution in [1.29, 1.82) is 0 Å². The number of carbonyl (C=O) groups excluding carboxylic acids is 1. The zero-order chi connectivity index (χ0) is 16.3. The second-order valence-corrected chi connectivity index (χ2v) is 8.97. The molecule has 0 aromatic heterocycles. The number of amides is 1. The van der Waals surface area contributed by atoms with Gasteiger partial charge in [-0.2, -0.15) is 0 Å². The maximum absolute atomic E-state index is 12.3. The maximum atomic E-state index is 12.3. The number of piperidine rings is 1. The van der Waals surface area contributed by atoms with Gasteiger partial charge in [-0.1, -0.05) is 20.8 Å². The fraction of sp³-hybridized carbons (Fsp3) is 0.938. The first kappa shape index (κ1) is 17.7. The second-order valence-electron chi connectivity index (χ2n) is 6.97. The predicted octanol–water partition coefficient (Wildman–Crippen LogP) is 2.13. The number of nitrogens with zero attached hydrogens (tertiary/aromatic N) is 1. The zero-order valence-corrected chi connectivity index (χ0v) is 14.9. The first-order valence-corrected chi connectivity index (χ1v) is 10.2. The van der Waals surface area contributed by atoms with Crippen LogP contribution in [0.3, 0.4) is 0 Å². The van der Waals surface area contributed by atoms with E-state index in [4.69, 9.17) is 0 Å². The Morgan fingerprint density at radius 1 is 1.18 bits per heavy atom. The second kappa shape index (κ2) is 7.30. The van der Waals surface area contributed by atoms with Gasteiger partial charge in [-0.3, -0.25) is 4.79 Å². The van der Waals surface area contributed by atoms with E-state index in [2.05, 4.69) is 11.6 Å². The van der Waals surface area contributed by atoms with E-state index in [1.165, 1.54) is 0 Å². The van der Waals surface area contributed by atoms with Crippen LogP contribution in [0.5, 0.6) is 0 Å². The topological polar surface area (TPSA) is 66.5 Å². The summed E-state index contributed by atoms with van der Waals surface area (Å²) in [5.41, 5.74) is 0. The van der Waals surface area contributed by atoms with Crippen LogP contribution in [0.25, 0.3) is 0 Å². The summed E-state index contributed by atoms with van der Waals surface area (Å²) in [6.45, 7) is 7.53. The molecule has 6 heteroatoms. The highest BCUT2D eigenvalue weighted by Crippen LogP contribution is 2.32. The van der Waals surface area contributed by atoms with Crippen LogP contribution < -0.4 is 4.72 Å². The van der Waals surface area contributed by atoms with E-state index in [-0.39, 0.29) is 23.1 Å². The van der Waals surface area contributed by atoms with Crippen LogP contribution in [0.15, 0.2) is 0 Å². The molecule has 1 heterocycles. The standard InChI is InChI=1S/C16H30N2O3S/c1-4-13(5-2)16(19)18-8-6-14(7-9-18)17-22(20,21)15-10-12(3)11-15/h12-15,17H,4-11H2,1-3H3. The van der Waals surface area contributed by atoms with Gasteiger partial charge < -0.3 is 4.90 Å². The lowest BCUT2D eigenvalue weighted by Crippen LogP contribution is -2.51. The molecular formula is C16H30N2O3S. The SMILES string of the molecule is CCC(CC)C(=O)N1CCC(NS(=O)(=O)C2CC(C)C2)CC1. The molecule has 0 spiro atoms. The van der Waals surface area contributed by atoms with Gasteiger partial charge in [-0.25, -0.2) is 13.1 Å². The average Bonchev–Trinajstić information content (AvgIpc) is 2.45. The molecule has 2 fully saturated rings.